The summed E-state index contributed by atoms with van der Waals surface area (Å²) in [5.41, 5.74) is 0. The van der Waals surface area contributed by atoms with E-state index in [1.807, 2.05) is 0 Å². The Morgan fingerprint density at radius 1 is 0.273 bits per heavy atom. The Balaban J connectivity index is 4.28. The van der Waals surface area contributed by atoms with Gasteiger partial charge in [0, 0.05) is 19.3 Å². The summed E-state index contributed by atoms with van der Waals surface area (Å²) >= 11 is 0. The third kappa shape index (κ3) is 63.6. The molecule has 0 N–H and O–H groups in total. The molecule has 0 aromatic rings. The van der Waals surface area contributed by atoms with E-state index < -0.39 is 6.10 Å². The van der Waals surface area contributed by atoms with Gasteiger partial charge in [-0.15, -0.1) is 0 Å². The molecule has 0 aliphatic heterocycles. The predicted molar refractivity (Wildman–Crippen MR) is 335 cm³/mol. The molecule has 0 rings (SSSR count). The molecule has 0 spiro atoms. The van der Waals surface area contributed by atoms with Crippen LogP contribution in [0.2, 0.25) is 0 Å². The Hall–Kier alpha value is -3.15. The van der Waals surface area contributed by atoms with Gasteiger partial charge >= 0.3 is 17.9 Å². The highest BCUT2D eigenvalue weighted by Crippen LogP contribution is 2.18. The molecule has 6 heteroatoms. The van der Waals surface area contributed by atoms with Crippen molar-refractivity contribution in [3.05, 3.63) is 72.9 Å². The molecule has 0 amide bonds. The Bertz CT molecular complexity index is 1420. The van der Waals surface area contributed by atoms with Crippen LogP contribution >= 0.6 is 0 Å². The first-order valence-corrected chi connectivity index (χ1v) is 33.4. The summed E-state index contributed by atoms with van der Waals surface area (Å²) in [5.74, 6) is -0.883. The monoisotopic (exact) mass is 1070 g/mol. The highest BCUT2D eigenvalue weighted by Gasteiger charge is 2.19. The van der Waals surface area contributed by atoms with Crippen LogP contribution in [-0.4, -0.2) is 37.2 Å². The average Bonchev–Trinajstić information content (AvgIpc) is 3.43. The Kier molecular flexibility index (Phi) is 62.7. The number of esters is 3. The number of carbonyl (C=O) groups excluding carboxylic acids is 3. The molecule has 0 saturated heterocycles. The van der Waals surface area contributed by atoms with Gasteiger partial charge in [-0.05, 0) is 89.9 Å². The van der Waals surface area contributed by atoms with Gasteiger partial charge in [0.05, 0.1) is 0 Å². The van der Waals surface area contributed by atoms with Crippen molar-refractivity contribution < 1.29 is 28.6 Å². The Morgan fingerprint density at radius 3 is 0.831 bits per heavy atom. The minimum atomic E-state index is -0.785. The topological polar surface area (TPSA) is 78.9 Å². The lowest BCUT2D eigenvalue weighted by molar-refractivity contribution is -0.167. The van der Waals surface area contributed by atoms with Gasteiger partial charge < -0.3 is 14.2 Å². The quantitative estimate of drug-likeness (QED) is 0.0261. The van der Waals surface area contributed by atoms with E-state index in [9.17, 15) is 14.4 Å². The second-order valence-electron chi connectivity index (χ2n) is 22.4. The molecule has 1 unspecified atom stereocenters. The molecular weight excluding hydrogens is 949 g/mol. The number of ether oxygens (including phenoxy) is 3. The zero-order valence-electron chi connectivity index (χ0n) is 51.2. The number of unbranched alkanes of at least 4 members (excludes halogenated alkanes) is 38. The van der Waals surface area contributed by atoms with Crippen molar-refractivity contribution in [2.75, 3.05) is 13.2 Å². The van der Waals surface area contributed by atoms with Crippen molar-refractivity contribution in [2.24, 2.45) is 0 Å². The van der Waals surface area contributed by atoms with Crippen LogP contribution < -0.4 is 0 Å². The van der Waals surface area contributed by atoms with Crippen molar-refractivity contribution in [2.45, 2.75) is 348 Å². The summed E-state index contributed by atoms with van der Waals surface area (Å²) < 4.78 is 16.9. The number of rotatable bonds is 61. The van der Waals surface area contributed by atoms with Crippen molar-refractivity contribution in [1.29, 1.82) is 0 Å². The van der Waals surface area contributed by atoms with Gasteiger partial charge in [0.1, 0.15) is 13.2 Å². The smallest absolute Gasteiger partial charge is 0.306 e. The summed E-state index contributed by atoms with van der Waals surface area (Å²) in [5, 5.41) is 0. The maximum Gasteiger partial charge on any atom is 0.306 e. The second-order valence-corrected chi connectivity index (χ2v) is 22.4. The summed E-state index contributed by atoms with van der Waals surface area (Å²) in [6.45, 7) is 6.53. The molecule has 0 aliphatic carbocycles. The van der Waals surface area contributed by atoms with Gasteiger partial charge in [-0.2, -0.15) is 0 Å². The van der Waals surface area contributed by atoms with Gasteiger partial charge in [-0.1, -0.05) is 306 Å². The highest BCUT2D eigenvalue weighted by molar-refractivity contribution is 5.71. The van der Waals surface area contributed by atoms with Crippen LogP contribution in [0.25, 0.3) is 0 Å². The van der Waals surface area contributed by atoms with Gasteiger partial charge in [0.15, 0.2) is 6.10 Å². The van der Waals surface area contributed by atoms with Crippen LogP contribution in [0.15, 0.2) is 72.9 Å². The molecule has 0 heterocycles. The first-order valence-electron chi connectivity index (χ1n) is 33.4. The summed E-state index contributed by atoms with van der Waals surface area (Å²) in [6.07, 6.45) is 84.9. The van der Waals surface area contributed by atoms with E-state index in [-0.39, 0.29) is 31.1 Å². The molecule has 0 bridgehead atoms. The molecule has 0 aromatic heterocycles. The molecule has 0 aromatic carbocycles. The van der Waals surface area contributed by atoms with Crippen LogP contribution in [0, 0.1) is 0 Å². The molecule has 0 fully saturated rings. The lowest BCUT2D eigenvalue weighted by atomic mass is 10.0. The Morgan fingerprint density at radius 2 is 0.506 bits per heavy atom. The van der Waals surface area contributed by atoms with Gasteiger partial charge in [0.25, 0.3) is 0 Å². The van der Waals surface area contributed by atoms with Crippen molar-refractivity contribution >= 4 is 17.9 Å². The minimum absolute atomic E-state index is 0.0794. The van der Waals surface area contributed by atoms with Crippen LogP contribution in [0.1, 0.15) is 342 Å². The molecule has 0 aliphatic rings. The predicted octanol–water partition coefficient (Wildman–Crippen LogP) is 22.9. The highest BCUT2D eigenvalue weighted by atomic mass is 16.6. The molecule has 0 radical (unpaired) electrons. The fraction of sp³-hybridized carbons (Fsp3) is 0.789. The fourth-order valence-corrected chi connectivity index (χ4v) is 9.70. The van der Waals surface area contributed by atoms with Crippen molar-refractivity contribution in [1.82, 2.24) is 0 Å². The van der Waals surface area contributed by atoms with E-state index in [2.05, 4.69) is 93.7 Å². The number of hydrogen-bond acceptors (Lipinski definition) is 6. The lowest BCUT2D eigenvalue weighted by Gasteiger charge is -2.18. The molecule has 446 valence electrons. The summed E-state index contributed by atoms with van der Waals surface area (Å²) in [4.78, 5) is 38.3. The van der Waals surface area contributed by atoms with Crippen LogP contribution in [0.5, 0.6) is 0 Å². The van der Waals surface area contributed by atoms with Gasteiger partial charge in [0.2, 0.25) is 0 Å². The number of allylic oxidation sites excluding steroid dienone is 12. The molecule has 77 heavy (non-hydrogen) atoms. The van der Waals surface area contributed by atoms with E-state index >= 15 is 0 Å². The first kappa shape index (κ1) is 73.8. The molecule has 1 atom stereocenters. The van der Waals surface area contributed by atoms with E-state index in [0.717, 1.165) is 103 Å². The maximum atomic E-state index is 12.9. The normalized spacial score (nSPS) is 12.5. The fourth-order valence-electron chi connectivity index (χ4n) is 9.70. The van der Waals surface area contributed by atoms with Crippen molar-refractivity contribution in [3.63, 3.8) is 0 Å². The molecular formula is C71H126O6. The average molecular weight is 1080 g/mol. The number of carbonyl (C=O) groups is 3. The SMILES string of the molecule is CC/C=C\C/C=C\C/C=C\C/C=C\C/C=C\CCCCCCCCCC(=O)OC(COC(=O)CCCCCCC/C=C\CCCCC)COC(=O)CCCCCCCCCCCCCCCCCCCCCCCCCC. The first-order chi connectivity index (χ1) is 38.0. The standard InChI is InChI=1S/C71H126O6/c1-4-7-10-13-16-19-22-25-27-29-31-33-35-37-38-40-42-44-46-49-52-55-58-61-64-70(73)76-67-68(66-75-69(72)63-60-57-54-51-48-24-21-18-15-12-9-6-3)77-71(74)65-62-59-56-53-50-47-45-43-41-39-36-34-32-30-28-26-23-20-17-14-11-8-5-2/h8,11,17-18,20-21,26,28,32,34,39,41,68H,4-7,9-10,12-16,19,22-25,27,29-31,33,35-38,40,42-67H2,1-3H3/b11-8-,20-17-,21-18-,28-26-,34-32-,41-39-. The molecule has 0 saturated carbocycles. The summed E-state index contributed by atoms with van der Waals surface area (Å²) in [6, 6.07) is 0. The van der Waals surface area contributed by atoms with Gasteiger partial charge in [-0.25, -0.2) is 0 Å². The third-order valence-corrected chi connectivity index (χ3v) is 14.7. The molecule has 6 nitrogen and oxygen atoms in total. The van der Waals surface area contributed by atoms with Crippen molar-refractivity contribution in [3.8, 4) is 0 Å². The number of hydrogen-bond donors (Lipinski definition) is 0. The van der Waals surface area contributed by atoms with E-state index in [0.29, 0.717) is 19.3 Å². The van der Waals surface area contributed by atoms with Crippen LogP contribution in [-0.2, 0) is 28.6 Å². The van der Waals surface area contributed by atoms with E-state index in [1.54, 1.807) is 0 Å². The zero-order valence-corrected chi connectivity index (χ0v) is 51.2. The Labute approximate surface area is 478 Å². The maximum absolute atomic E-state index is 12.9. The van der Waals surface area contributed by atoms with E-state index in [4.69, 9.17) is 14.2 Å². The van der Waals surface area contributed by atoms with Gasteiger partial charge in [-0.3, -0.25) is 14.4 Å². The largest absolute Gasteiger partial charge is 0.462 e. The van der Waals surface area contributed by atoms with Crippen LogP contribution in [0.4, 0.5) is 0 Å². The zero-order chi connectivity index (χ0) is 55.7. The third-order valence-electron chi connectivity index (χ3n) is 14.7. The summed E-state index contributed by atoms with van der Waals surface area (Å²) in [7, 11) is 0. The second kappa shape index (κ2) is 65.4. The minimum Gasteiger partial charge on any atom is -0.462 e. The van der Waals surface area contributed by atoms with E-state index in [1.165, 1.54) is 199 Å². The lowest BCUT2D eigenvalue weighted by Crippen LogP contribution is -2.30. The van der Waals surface area contributed by atoms with Crippen LogP contribution in [0.3, 0.4) is 0 Å².